The smallest absolute Gasteiger partial charge is 0.237 e. The Bertz CT molecular complexity index is 1150. The number of hydrogen-bond donors (Lipinski definition) is 4. The minimum absolute atomic E-state index is 0.00667. The summed E-state index contributed by atoms with van der Waals surface area (Å²) in [6, 6.07) is 7.68. The molecule has 1 aliphatic heterocycles. The molecule has 2 atom stereocenters. The lowest BCUT2D eigenvalue weighted by atomic mass is 10.1. The Labute approximate surface area is 187 Å². The molecule has 1 aromatic heterocycles. The molecule has 32 heavy (non-hydrogen) atoms. The SMILES string of the molecule is COc1cc2ncnc(Nc3cccc(Cl)c3F)c2cc1CNC(=O)[C@H]1C[C@@H](OO)CN1. The second kappa shape index (κ2) is 9.61. The van der Waals surface area contributed by atoms with Crippen LogP contribution in [-0.2, 0) is 16.2 Å². The third-order valence-electron chi connectivity index (χ3n) is 5.25. The van der Waals surface area contributed by atoms with E-state index in [2.05, 4.69) is 30.8 Å². The lowest BCUT2D eigenvalue weighted by Crippen LogP contribution is -2.40. The van der Waals surface area contributed by atoms with Gasteiger partial charge in [-0.05, 0) is 18.2 Å². The van der Waals surface area contributed by atoms with E-state index < -0.39 is 18.0 Å². The van der Waals surface area contributed by atoms with Crippen LogP contribution in [0.4, 0.5) is 15.9 Å². The van der Waals surface area contributed by atoms with Gasteiger partial charge in [0.05, 0.1) is 29.4 Å². The van der Waals surface area contributed by atoms with Gasteiger partial charge in [-0.3, -0.25) is 10.1 Å². The van der Waals surface area contributed by atoms with Gasteiger partial charge in [0.1, 0.15) is 24.0 Å². The number of methoxy groups -OCH3 is 1. The van der Waals surface area contributed by atoms with Gasteiger partial charge in [0, 0.05) is 36.5 Å². The first-order chi connectivity index (χ1) is 15.5. The minimum atomic E-state index is -0.587. The summed E-state index contributed by atoms with van der Waals surface area (Å²) >= 11 is 5.87. The van der Waals surface area contributed by atoms with Crippen molar-refractivity contribution in [2.24, 2.45) is 0 Å². The Kier molecular flexibility index (Phi) is 6.66. The van der Waals surface area contributed by atoms with Crippen molar-refractivity contribution in [3.05, 3.63) is 53.1 Å². The number of nitrogens with zero attached hydrogens (tertiary/aromatic N) is 2. The van der Waals surface area contributed by atoms with Crippen molar-refractivity contribution in [3.63, 3.8) is 0 Å². The molecule has 1 amide bonds. The fraction of sp³-hybridized carbons (Fsp3) is 0.286. The standard InChI is InChI=1S/C21H21ClFN5O4/c1-31-18-7-16-13(5-11(18)8-25-21(29)17-6-12(32-30)9-24-17)20(27-10-26-16)28-15-4-2-3-14(22)19(15)23/h2-5,7,10,12,17,24,30H,6,8-9H2,1H3,(H,25,29)(H,26,27,28)/t12-,17-/m1/s1. The summed E-state index contributed by atoms with van der Waals surface area (Å²) in [5.41, 5.74) is 1.44. The Morgan fingerprint density at radius 1 is 1.38 bits per heavy atom. The van der Waals surface area contributed by atoms with Crippen LogP contribution in [0.5, 0.6) is 5.75 Å². The maximum Gasteiger partial charge on any atom is 0.237 e. The average Bonchev–Trinajstić information content (AvgIpc) is 3.29. The number of nitrogens with one attached hydrogen (secondary N) is 3. The molecule has 2 aromatic carbocycles. The maximum absolute atomic E-state index is 14.4. The summed E-state index contributed by atoms with van der Waals surface area (Å²) < 4.78 is 19.8. The highest BCUT2D eigenvalue weighted by atomic mass is 35.5. The van der Waals surface area contributed by atoms with E-state index in [-0.39, 0.29) is 23.2 Å². The second-order valence-electron chi connectivity index (χ2n) is 7.27. The van der Waals surface area contributed by atoms with E-state index in [4.69, 9.17) is 21.6 Å². The number of rotatable bonds is 7. The monoisotopic (exact) mass is 461 g/mol. The number of hydrogen-bond acceptors (Lipinski definition) is 8. The third-order valence-corrected chi connectivity index (χ3v) is 5.54. The van der Waals surface area contributed by atoms with Gasteiger partial charge in [-0.2, -0.15) is 0 Å². The first kappa shape index (κ1) is 22.2. The van der Waals surface area contributed by atoms with Crippen LogP contribution in [0.1, 0.15) is 12.0 Å². The molecule has 0 bridgehead atoms. The number of aromatic nitrogens is 2. The van der Waals surface area contributed by atoms with E-state index in [1.807, 2.05) is 0 Å². The molecule has 0 aliphatic carbocycles. The molecule has 0 saturated carbocycles. The van der Waals surface area contributed by atoms with Crippen LogP contribution >= 0.6 is 11.6 Å². The zero-order chi connectivity index (χ0) is 22.7. The van der Waals surface area contributed by atoms with E-state index >= 15 is 0 Å². The number of ether oxygens (including phenoxy) is 1. The van der Waals surface area contributed by atoms with Gasteiger partial charge in [0.2, 0.25) is 5.91 Å². The number of carbonyl (C=O) groups is 1. The molecule has 4 N–H and O–H groups in total. The molecule has 0 radical (unpaired) electrons. The molecule has 1 aliphatic rings. The minimum Gasteiger partial charge on any atom is -0.496 e. The summed E-state index contributed by atoms with van der Waals surface area (Å²) in [4.78, 5) is 25.3. The van der Waals surface area contributed by atoms with Crippen LogP contribution in [-0.4, -0.2) is 46.9 Å². The predicted octanol–water partition coefficient (Wildman–Crippen LogP) is 3.01. The molecular formula is C21H21ClFN5O4. The molecule has 9 nitrogen and oxygen atoms in total. The average molecular weight is 462 g/mol. The van der Waals surface area contributed by atoms with Crippen LogP contribution in [0, 0.1) is 5.82 Å². The highest BCUT2D eigenvalue weighted by molar-refractivity contribution is 6.31. The number of anilines is 2. The van der Waals surface area contributed by atoms with Gasteiger partial charge in [-0.25, -0.2) is 19.2 Å². The fourth-order valence-corrected chi connectivity index (χ4v) is 3.75. The molecular weight excluding hydrogens is 441 g/mol. The topological polar surface area (TPSA) is 118 Å². The summed E-state index contributed by atoms with van der Waals surface area (Å²) in [6.45, 7) is 0.570. The van der Waals surface area contributed by atoms with Crippen LogP contribution in [0.15, 0.2) is 36.7 Å². The Balaban J connectivity index is 1.59. The largest absolute Gasteiger partial charge is 0.496 e. The maximum atomic E-state index is 14.4. The zero-order valence-electron chi connectivity index (χ0n) is 17.1. The fourth-order valence-electron chi connectivity index (χ4n) is 3.57. The first-order valence-electron chi connectivity index (χ1n) is 9.84. The molecule has 1 saturated heterocycles. The number of benzene rings is 2. The molecule has 168 valence electrons. The molecule has 1 fully saturated rings. The van der Waals surface area contributed by atoms with Crippen molar-refractivity contribution >= 4 is 39.9 Å². The van der Waals surface area contributed by atoms with E-state index in [1.54, 1.807) is 24.3 Å². The molecule has 3 aromatic rings. The van der Waals surface area contributed by atoms with Crippen molar-refractivity contribution in [1.29, 1.82) is 0 Å². The summed E-state index contributed by atoms with van der Waals surface area (Å²) in [7, 11) is 1.52. The first-order valence-corrected chi connectivity index (χ1v) is 10.2. The van der Waals surface area contributed by atoms with Crippen molar-refractivity contribution < 1.29 is 24.1 Å². The van der Waals surface area contributed by atoms with Crippen LogP contribution in [0.2, 0.25) is 5.02 Å². The lowest BCUT2D eigenvalue weighted by Gasteiger charge is -2.15. The summed E-state index contributed by atoms with van der Waals surface area (Å²) in [5.74, 6) is 0.102. The molecule has 11 heteroatoms. The Hall–Kier alpha value is -3.05. The van der Waals surface area contributed by atoms with E-state index in [0.29, 0.717) is 41.0 Å². The summed E-state index contributed by atoms with van der Waals surface area (Å²) in [5, 5.41) is 18.2. The number of halogens is 2. The van der Waals surface area contributed by atoms with Gasteiger partial charge in [0.25, 0.3) is 0 Å². The van der Waals surface area contributed by atoms with Crippen LogP contribution < -0.4 is 20.7 Å². The van der Waals surface area contributed by atoms with Gasteiger partial charge in [-0.1, -0.05) is 17.7 Å². The van der Waals surface area contributed by atoms with Crippen LogP contribution in [0.3, 0.4) is 0 Å². The highest BCUT2D eigenvalue weighted by Crippen LogP contribution is 2.31. The lowest BCUT2D eigenvalue weighted by molar-refractivity contribution is -0.273. The third kappa shape index (κ3) is 4.58. The normalized spacial score (nSPS) is 18.0. The van der Waals surface area contributed by atoms with Crippen LogP contribution in [0.25, 0.3) is 10.9 Å². The van der Waals surface area contributed by atoms with Crippen molar-refractivity contribution in [2.45, 2.75) is 25.1 Å². The Morgan fingerprint density at radius 3 is 2.97 bits per heavy atom. The second-order valence-corrected chi connectivity index (χ2v) is 7.68. The Morgan fingerprint density at radius 2 is 2.22 bits per heavy atom. The van der Waals surface area contributed by atoms with Crippen molar-refractivity contribution in [2.75, 3.05) is 19.0 Å². The number of carbonyl (C=O) groups excluding carboxylic acids is 1. The molecule has 0 unspecified atom stereocenters. The molecule has 2 heterocycles. The number of fused-ring (bicyclic) bond motifs is 1. The van der Waals surface area contributed by atoms with Gasteiger partial charge in [-0.15, -0.1) is 0 Å². The van der Waals surface area contributed by atoms with Crippen molar-refractivity contribution in [3.8, 4) is 5.75 Å². The predicted molar refractivity (Wildman–Crippen MR) is 117 cm³/mol. The van der Waals surface area contributed by atoms with Gasteiger partial charge < -0.3 is 20.7 Å². The molecule has 4 rings (SSSR count). The van der Waals surface area contributed by atoms with E-state index in [9.17, 15) is 9.18 Å². The van der Waals surface area contributed by atoms with Crippen molar-refractivity contribution in [1.82, 2.24) is 20.6 Å². The van der Waals surface area contributed by atoms with Gasteiger partial charge in [0.15, 0.2) is 5.82 Å². The summed E-state index contributed by atoms with van der Waals surface area (Å²) in [6.07, 6.45) is 1.31. The molecule has 0 spiro atoms. The number of amides is 1. The zero-order valence-corrected chi connectivity index (χ0v) is 17.8. The quantitative estimate of drug-likeness (QED) is 0.313. The van der Waals surface area contributed by atoms with Gasteiger partial charge >= 0.3 is 0 Å². The van der Waals surface area contributed by atoms with E-state index in [0.717, 1.165) is 0 Å². The van der Waals surface area contributed by atoms with E-state index in [1.165, 1.54) is 19.5 Å². The highest BCUT2D eigenvalue weighted by Gasteiger charge is 2.30.